The number of ether oxygens (including phenoxy) is 1. The van der Waals surface area contributed by atoms with Crippen molar-refractivity contribution in [3.05, 3.63) is 65.7 Å². The Bertz CT molecular complexity index is 831. The molecule has 0 N–H and O–H groups in total. The second-order valence-corrected chi connectivity index (χ2v) is 8.00. The molecule has 1 atom stereocenters. The number of fused-ring (bicyclic) bond motifs is 1. The number of carbonyl (C=O) groups excluding carboxylic acids is 1. The van der Waals surface area contributed by atoms with Gasteiger partial charge in [-0.2, -0.15) is 0 Å². The Kier molecular flexibility index (Phi) is 5.14. The van der Waals surface area contributed by atoms with Crippen molar-refractivity contribution in [3.63, 3.8) is 0 Å². The smallest absolute Gasteiger partial charge is 0.164 e. The third kappa shape index (κ3) is 3.71. The molecule has 0 aromatic heterocycles. The molecule has 3 nitrogen and oxygen atoms in total. The van der Waals surface area contributed by atoms with Crippen LogP contribution in [0.25, 0.3) is 5.57 Å². The lowest BCUT2D eigenvalue weighted by Crippen LogP contribution is -2.33. The highest BCUT2D eigenvalue weighted by Gasteiger charge is 2.23. The zero-order valence-electron chi connectivity index (χ0n) is 15.0. The predicted molar refractivity (Wildman–Crippen MR) is 107 cm³/mol. The molecule has 2 aliphatic rings. The van der Waals surface area contributed by atoms with E-state index >= 15 is 0 Å². The zero-order valence-corrected chi connectivity index (χ0v) is 15.8. The van der Waals surface area contributed by atoms with Crippen LogP contribution in [0.1, 0.15) is 29.3 Å². The summed E-state index contributed by atoms with van der Waals surface area (Å²) >= 11 is 1.77. The van der Waals surface area contributed by atoms with E-state index in [1.54, 1.807) is 11.8 Å². The second-order valence-electron chi connectivity index (χ2n) is 6.86. The van der Waals surface area contributed by atoms with Crippen molar-refractivity contribution in [1.29, 1.82) is 0 Å². The number of benzene rings is 2. The van der Waals surface area contributed by atoms with Crippen molar-refractivity contribution in [2.45, 2.75) is 24.3 Å². The Hall–Kier alpha value is -2.04. The monoisotopic (exact) mass is 365 g/mol. The molecule has 0 amide bonds. The van der Waals surface area contributed by atoms with Crippen LogP contribution in [0.3, 0.4) is 0 Å². The summed E-state index contributed by atoms with van der Waals surface area (Å²) in [4.78, 5) is 16.2. The highest BCUT2D eigenvalue weighted by Crippen LogP contribution is 2.34. The van der Waals surface area contributed by atoms with Crippen molar-refractivity contribution in [2.24, 2.45) is 0 Å². The van der Waals surface area contributed by atoms with Gasteiger partial charge in [0.2, 0.25) is 0 Å². The summed E-state index contributed by atoms with van der Waals surface area (Å²) < 4.78 is 5.63. The maximum atomic E-state index is 12.8. The van der Waals surface area contributed by atoms with Gasteiger partial charge in [0.25, 0.3) is 0 Å². The maximum absolute atomic E-state index is 12.8. The summed E-state index contributed by atoms with van der Waals surface area (Å²) in [5.74, 6) is 2.06. The molecule has 26 heavy (non-hydrogen) atoms. The third-order valence-corrected chi connectivity index (χ3v) is 6.06. The van der Waals surface area contributed by atoms with Crippen molar-refractivity contribution in [2.75, 3.05) is 25.4 Å². The summed E-state index contributed by atoms with van der Waals surface area (Å²) in [6.07, 6.45) is 2.82. The van der Waals surface area contributed by atoms with E-state index < -0.39 is 0 Å². The van der Waals surface area contributed by atoms with Gasteiger partial charge in [0, 0.05) is 36.9 Å². The molecule has 2 aromatic rings. The van der Waals surface area contributed by atoms with Crippen molar-refractivity contribution in [1.82, 2.24) is 4.90 Å². The number of hydrogen-bond acceptors (Lipinski definition) is 4. The Balaban J connectivity index is 1.38. The van der Waals surface area contributed by atoms with Gasteiger partial charge in [0.05, 0.1) is 11.5 Å². The zero-order chi connectivity index (χ0) is 17.9. The van der Waals surface area contributed by atoms with E-state index in [2.05, 4.69) is 42.2 Å². The first-order chi connectivity index (χ1) is 12.7. The second kappa shape index (κ2) is 7.68. The molecule has 0 fully saturated rings. The van der Waals surface area contributed by atoms with Gasteiger partial charge in [0.15, 0.2) is 5.78 Å². The Morgan fingerprint density at radius 2 is 2.08 bits per heavy atom. The number of thioether (sulfide) groups is 1. The molecule has 2 aliphatic heterocycles. The molecule has 4 heteroatoms. The van der Waals surface area contributed by atoms with Crippen LogP contribution in [0.5, 0.6) is 5.75 Å². The van der Waals surface area contributed by atoms with Crippen LogP contribution in [0.15, 0.2) is 59.5 Å². The summed E-state index contributed by atoms with van der Waals surface area (Å²) in [5.41, 5.74) is 3.43. The molecule has 0 aliphatic carbocycles. The van der Waals surface area contributed by atoms with Crippen LogP contribution in [0.4, 0.5) is 0 Å². The summed E-state index contributed by atoms with van der Waals surface area (Å²) in [5, 5.41) is 0. The fourth-order valence-corrected chi connectivity index (χ4v) is 4.37. The van der Waals surface area contributed by atoms with E-state index in [4.69, 9.17) is 4.74 Å². The highest BCUT2D eigenvalue weighted by molar-refractivity contribution is 7.99. The van der Waals surface area contributed by atoms with Gasteiger partial charge >= 0.3 is 0 Å². The fraction of sp³-hybridized carbons (Fsp3) is 0.318. The van der Waals surface area contributed by atoms with Gasteiger partial charge in [0.1, 0.15) is 5.75 Å². The van der Waals surface area contributed by atoms with Gasteiger partial charge in [-0.25, -0.2) is 0 Å². The molecule has 134 valence electrons. The normalized spacial score (nSPS) is 18.0. The molecule has 2 aromatic carbocycles. The van der Waals surface area contributed by atoms with Gasteiger partial charge in [-0.15, -0.1) is 11.8 Å². The molecule has 0 spiro atoms. The minimum absolute atomic E-state index is 0.208. The standard InChI is InChI=1S/C22H23NO2S/c1-16(23-10-9-19(15-23)17-5-3-2-4-6-17)13-20(24)18-7-8-21-22(14-18)26-12-11-25-21/h2-9,14,16H,10-13,15H2,1H3. The largest absolute Gasteiger partial charge is 0.492 e. The molecular formula is C22H23NO2S. The number of carbonyl (C=O) groups is 1. The predicted octanol–water partition coefficient (Wildman–Crippen LogP) is 4.53. The first-order valence-electron chi connectivity index (χ1n) is 9.12. The van der Waals surface area contributed by atoms with E-state index in [1.165, 1.54) is 11.1 Å². The highest BCUT2D eigenvalue weighted by atomic mass is 32.2. The molecule has 4 rings (SSSR count). The van der Waals surface area contributed by atoms with Crippen LogP contribution in [0.2, 0.25) is 0 Å². The van der Waals surface area contributed by atoms with Gasteiger partial charge in [-0.1, -0.05) is 36.4 Å². The summed E-state index contributed by atoms with van der Waals surface area (Å²) in [7, 11) is 0. The van der Waals surface area contributed by atoms with Crippen LogP contribution < -0.4 is 4.74 Å². The summed E-state index contributed by atoms with van der Waals surface area (Å²) in [6, 6.07) is 16.5. The fourth-order valence-electron chi connectivity index (χ4n) is 3.50. The van der Waals surface area contributed by atoms with E-state index in [9.17, 15) is 4.79 Å². The quantitative estimate of drug-likeness (QED) is 0.728. The van der Waals surface area contributed by atoms with Crippen LogP contribution in [0, 0.1) is 0 Å². The molecule has 1 unspecified atom stereocenters. The van der Waals surface area contributed by atoms with Crippen LogP contribution >= 0.6 is 11.8 Å². The molecule has 0 bridgehead atoms. The average molecular weight is 365 g/mol. The van der Waals surface area contributed by atoms with E-state index in [0.29, 0.717) is 6.42 Å². The first-order valence-corrected chi connectivity index (χ1v) is 10.1. The van der Waals surface area contributed by atoms with Gasteiger partial charge < -0.3 is 4.74 Å². The Morgan fingerprint density at radius 3 is 2.92 bits per heavy atom. The minimum Gasteiger partial charge on any atom is -0.492 e. The average Bonchev–Trinajstić information content (AvgIpc) is 3.18. The summed E-state index contributed by atoms with van der Waals surface area (Å²) in [6.45, 7) is 4.71. The molecular weight excluding hydrogens is 342 g/mol. The Labute approximate surface area is 159 Å². The first kappa shape index (κ1) is 17.4. The van der Waals surface area contributed by atoms with Crippen molar-refractivity contribution in [3.8, 4) is 5.75 Å². The lowest BCUT2D eigenvalue weighted by atomic mass is 10.0. The lowest BCUT2D eigenvalue weighted by molar-refractivity contribution is 0.0943. The number of hydrogen-bond donors (Lipinski definition) is 0. The third-order valence-electron chi connectivity index (χ3n) is 5.06. The molecule has 0 radical (unpaired) electrons. The number of rotatable bonds is 5. The van der Waals surface area contributed by atoms with E-state index in [-0.39, 0.29) is 11.8 Å². The number of Topliss-reactive ketones (excluding diaryl/α,β-unsaturated/α-hetero) is 1. The van der Waals surface area contributed by atoms with E-state index in [1.807, 2.05) is 24.3 Å². The van der Waals surface area contributed by atoms with Gasteiger partial charge in [-0.3, -0.25) is 9.69 Å². The van der Waals surface area contributed by atoms with Crippen LogP contribution in [-0.2, 0) is 0 Å². The minimum atomic E-state index is 0.208. The number of nitrogens with zero attached hydrogens (tertiary/aromatic N) is 1. The molecule has 0 saturated heterocycles. The Morgan fingerprint density at radius 1 is 1.23 bits per heavy atom. The molecule has 2 heterocycles. The van der Waals surface area contributed by atoms with Gasteiger partial charge in [-0.05, 0) is 36.3 Å². The number of ketones is 1. The van der Waals surface area contributed by atoms with Crippen molar-refractivity contribution < 1.29 is 9.53 Å². The van der Waals surface area contributed by atoms with Crippen molar-refractivity contribution >= 4 is 23.1 Å². The lowest BCUT2D eigenvalue weighted by Gasteiger charge is -2.24. The topological polar surface area (TPSA) is 29.5 Å². The van der Waals surface area contributed by atoms with Crippen LogP contribution in [-0.4, -0.2) is 42.2 Å². The SMILES string of the molecule is CC(CC(=O)c1ccc2c(c1)SCCO2)N1CC=C(c2ccccc2)C1. The maximum Gasteiger partial charge on any atom is 0.164 e. The molecule has 0 saturated carbocycles. The van der Waals surface area contributed by atoms with E-state index in [0.717, 1.165) is 41.7 Å².